The van der Waals surface area contributed by atoms with Crippen LogP contribution in [0.15, 0.2) is 0 Å². The van der Waals surface area contributed by atoms with Crippen molar-refractivity contribution in [3.63, 3.8) is 0 Å². The Morgan fingerprint density at radius 1 is 0.267 bits per heavy atom. The zero-order chi connectivity index (χ0) is 61.5. The van der Waals surface area contributed by atoms with Crippen LogP contribution in [-0.2, 0) is 18.9 Å². The molecule has 1 atom stereocenters. The van der Waals surface area contributed by atoms with Gasteiger partial charge in [0, 0.05) is 12.8 Å². The monoisotopic (exact) mass is 1300 g/mol. The quantitative estimate of drug-likeness (QED) is 0.0554. The van der Waals surface area contributed by atoms with Crippen molar-refractivity contribution < 1.29 is 18.9 Å². The van der Waals surface area contributed by atoms with Gasteiger partial charge < -0.3 is 18.9 Å². The molecule has 0 aromatic carbocycles. The lowest BCUT2D eigenvalue weighted by Gasteiger charge is -2.63. The van der Waals surface area contributed by atoms with Crippen LogP contribution in [0, 0.1) is 5.41 Å². The van der Waals surface area contributed by atoms with Crippen LogP contribution in [0.5, 0.6) is 0 Å². The molecule has 2 heterocycles. The Morgan fingerprint density at radius 3 is 0.767 bits per heavy atom. The molecule has 1 spiro atoms. The Labute approximate surface area is 562 Å². The smallest absolute Gasteiger partial charge is 0.171 e. The van der Waals surface area contributed by atoms with Crippen molar-refractivity contribution in [3.05, 3.63) is 0 Å². The molecule has 2 aliphatic heterocycles. The number of ether oxygens (including phenoxy) is 4. The lowest BCUT2D eigenvalue weighted by Crippen LogP contribution is -2.72. The minimum Gasteiger partial charge on any atom is -0.355 e. The molecule has 0 saturated carbocycles. The maximum absolute atomic E-state index is 8.29. The summed E-state index contributed by atoms with van der Waals surface area (Å²) in [5.74, 6) is 11.5. The normalized spacial score (nSPS) is 16.5. The molecule has 0 aromatic heterocycles. The van der Waals surface area contributed by atoms with Gasteiger partial charge in [0.1, 0.15) is 6.79 Å². The molecule has 0 radical (unpaired) electrons. The van der Waals surface area contributed by atoms with Crippen molar-refractivity contribution in [2.45, 2.75) is 405 Å². The highest BCUT2D eigenvalue weighted by Crippen LogP contribution is 2.56. The van der Waals surface area contributed by atoms with E-state index in [1.165, 1.54) is 350 Å². The summed E-state index contributed by atoms with van der Waals surface area (Å²) < 4.78 is 29.5. The van der Waals surface area contributed by atoms with Gasteiger partial charge in [0.05, 0.1) is 30.3 Å². The highest BCUT2D eigenvalue weighted by Gasteiger charge is 2.65. The molecule has 9 heteroatoms. The summed E-state index contributed by atoms with van der Waals surface area (Å²) in [6.45, 7) is 13.4. The van der Waals surface area contributed by atoms with Crippen molar-refractivity contribution >= 4 is 58.8 Å². The molecule has 1 unspecified atom stereocenters. The average Bonchev–Trinajstić information content (AvgIpc) is 1.01. The van der Waals surface area contributed by atoms with E-state index in [-0.39, 0.29) is 17.1 Å². The second-order valence-electron chi connectivity index (χ2n) is 27.3. The Hall–Kier alpha value is 1.59. The number of thioether (sulfide) groups is 5. The molecule has 0 aliphatic carbocycles. The van der Waals surface area contributed by atoms with E-state index < -0.39 is 5.79 Å². The lowest BCUT2D eigenvalue weighted by molar-refractivity contribution is -0.422. The highest BCUT2D eigenvalue weighted by molar-refractivity contribution is 8.00. The van der Waals surface area contributed by atoms with Gasteiger partial charge in [0.15, 0.2) is 5.79 Å². The Morgan fingerprint density at radius 2 is 0.500 bits per heavy atom. The summed E-state index contributed by atoms with van der Waals surface area (Å²) in [5.41, 5.74) is -0.663. The van der Waals surface area contributed by atoms with E-state index in [0.717, 1.165) is 60.9 Å². The molecular weight excluding hydrogens is 1150 g/mol. The van der Waals surface area contributed by atoms with Crippen LogP contribution in [0.3, 0.4) is 0 Å². The van der Waals surface area contributed by atoms with E-state index in [2.05, 4.69) is 93.4 Å². The van der Waals surface area contributed by atoms with Crippen LogP contribution < -0.4 is 0 Å². The minimum atomic E-state index is -0.577. The fourth-order valence-corrected chi connectivity index (χ4v) is 18.9. The molecule has 2 rings (SSSR count). The van der Waals surface area contributed by atoms with Gasteiger partial charge in [-0.2, -0.15) is 58.8 Å². The first kappa shape index (κ1) is 83.7. The molecule has 514 valence electrons. The summed E-state index contributed by atoms with van der Waals surface area (Å²) in [5, 5.41) is 0. The molecule has 0 bridgehead atoms. The first-order valence-electron chi connectivity index (χ1n) is 39.0. The second kappa shape index (κ2) is 64.0. The van der Waals surface area contributed by atoms with E-state index in [1.807, 2.05) is 0 Å². The van der Waals surface area contributed by atoms with Gasteiger partial charge in [-0.05, 0) is 109 Å². The SMILES string of the molecule is CCCCCCCCCCCCSCCC1OC(CCSCCCCCCCCCCCC)(CCSCCCCCCCCCCCC)OC(CCSCCCCCCCCCCCC)(CCSCCCCCCCCCCCC)C12COCOC2. The van der Waals surface area contributed by atoms with Crippen LogP contribution >= 0.6 is 58.8 Å². The van der Waals surface area contributed by atoms with E-state index in [0.29, 0.717) is 20.0 Å². The van der Waals surface area contributed by atoms with Crippen molar-refractivity contribution in [2.24, 2.45) is 5.41 Å². The second-order valence-corrected chi connectivity index (χ2v) is 33.5. The van der Waals surface area contributed by atoms with Gasteiger partial charge in [-0.25, -0.2) is 0 Å². The number of hydrogen-bond acceptors (Lipinski definition) is 9. The Balaban J connectivity index is 2.36. The molecule has 0 amide bonds. The van der Waals surface area contributed by atoms with Crippen LogP contribution in [0.1, 0.15) is 388 Å². The zero-order valence-corrected chi connectivity index (χ0v) is 62.9. The summed E-state index contributed by atoms with van der Waals surface area (Å²) >= 11 is 11.1. The topological polar surface area (TPSA) is 36.9 Å². The van der Waals surface area contributed by atoms with Crippen molar-refractivity contribution in [1.82, 2.24) is 0 Å². The van der Waals surface area contributed by atoms with Gasteiger partial charge in [0.25, 0.3) is 0 Å². The fraction of sp³-hybridized carbons (Fsp3) is 1.00. The van der Waals surface area contributed by atoms with Gasteiger partial charge in [-0.3, -0.25) is 0 Å². The van der Waals surface area contributed by atoms with Crippen LogP contribution in [0.2, 0.25) is 0 Å². The van der Waals surface area contributed by atoms with Gasteiger partial charge in [-0.1, -0.05) is 324 Å². The first-order chi connectivity index (χ1) is 42.6. The number of unbranched alkanes of at least 4 members (excludes halogenated alkanes) is 45. The number of hydrogen-bond donors (Lipinski definition) is 0. The molecule has 2 saturated heterocycles. The number of rotatable bonds is 70. The summed E-state index contributed by atoms with van der Waals surface area (Å²) in [6.07, 6.45) is 75.5. The summed E-state index contributed by atoms with van der Waals surface area (Å²) in [4.78, 5) is 0. The Kier molecular flexibility index (Phi) is 62.2. The van der Waals surface area contributed by atoms with Crippen molar-refractivity contribution in [3.8, 4) is 0 Å². The van der Waals surface area contributed by atoms with Gasteiger partial charge in [0.2, 0.25) is 0 Å². The van der Waals surface area contributed by atoms with Gasteiger partial charge >= 0.3 is 0 Å². The average molecular weight is 1300 g/mol. The minimum absolute atomic E-state index is 0.0645. The highest BCUT2D eigenvalue weighted by atomic mass is 32.2. The predicted molar refractivity (Wildman–Crippen MR) is 400 cm³/mol. The maximum Gasteiger partial charge on any atom is 0.171 e. The van der Waals surface area contributed by atoms with Gasteiger partial charge in [-0.15, -0.1) is 0 Å². The predicted octanol–water partition coefficient (Wildman–Crippen LogP) is 27.0. The summed E-state index contributed by atoms with van der Waals surface area (Å²) in [7, 11) is 0. The van der Waals surface area contributed by atoms with Crippen LogP contribution in [0.25, 0.3) is 0 Å². The molecular formula is C77H152O4S5. The molecule has 2 aliphatic rings. The third-order valence-electron chi connectivity index (χ3n) is 19.4. The summed E-state index contributed by atoms with van der Waals surface area (Å²) in [6, 6.07) is 0. The van der Waals surface area contributed by atoms with Crippen molar-refractivity contribution in [2.75, 3.05) is 77.5 Å². The Bertz CT molecular complexity index is 1270. The van der Waals surface area contributed by atoms with Crippen LogP contribution in [-0.4, -0.2) is 95.0 Å². The molecule has 0 aromatic rings. The molecule has 86 heavy (non-hydrogen) atoms. The fourth-order valence-electron chi connectivity index (χ4n) is 13.6. The third kappa shape index (κ3) is 45.1. The lowest BCUT2D eigenvalue weighted by atomic mass is 9.63. The van der Waals surface area contributed by atoms with E-state index in [9.17, 15) is 0 Å². The first-order valence-corrected chi connectivity index (χ1v) is 44.8. The van der Waals surface area contributed by atoms with Crippen molar-refractivity contribution in [1.29, 1.82) is 0 Å². The zero-order valence-electron chi connectivity index (χ0n) is 58.8. The molecule has 0 N–H and O–H groups in total. The third-order valence-corrected chi connectivity index (χ3v) is 24.8. The largest absolute Gasteiger partial charge is 0.355 e. The van der Waals surface area contributed by atoms with Crippen LogP contribution in [0.4, 0.5) is 0 Å². The van der Waals surface area contributed by atoms with E-state index in [1.54, 1.807) is 0 Å². The standard InChI is InChI=1S/C77H152O4S5/c1-6-11-16-21-26-31-36-41-46-51-61-82-66-56-74-75(71-78-73-79-72-75)76(57-67-83-62-52-47-42-37-32-27-22-17-12-7-2,58-68-84-63-53-48-43-38-33-28-23-18-13-8-3)81-77(80-74,59-69-85-64-54-49-44-39-34-29-24-19-14-9-4)60-70-86-65-55-50-45-40-35-30-25-20-15-10-5/h74H,6-73H2,1-5H3. The molecule has 2 fully saturated rings. The maximum atomic E-state index is 8.29. The van der Waals surface area contributed by atoms with E-state index >= 15 is 0 Å². The molecule has 4 nitrogen and oxygen atoms in total. The van der Waals surface area contributed by atoms with E-state index in [4.69, 9.17) is 18.9 Å².